The zero-order valence-corrected chi connectivity index (χ0v) is 14.6. The normalized spacial score (nSPS) is 36.6. The topological polar surface area (TPSA) is 57.5 Å². The van der Waals surface area contributed by atoms with Crippen molar-refractivity contribution in [3.05, 3.63) is 36.0 Å². The molecule has 4 unspecified atom stereocenters. The summed E-state index contributed by atoms with van der Waals surface area (Å²) >= 11 is 0. The third kappa shape index (κ3) is 2.41. The van der Waals surface area contributed by atoms with Crippen LogP contribution in [-0.2, 0) is 7.05 Å². The summed E-state index contributed by atoms with van der Waals surface area (Å²) in [5.74, 6) is 0.511. The summed E-state index contributed by atoms with van der Waals surface area (Å²) in [7, 11) is 1.99. The number of aliphatic hydroxyl groups is 1. The van der Waals surface area contributed by atoms with Crippen LogP contribution in [0.25, 0.3) is 10.9 Å². The predicted octanol–water partition coefficient (Wildman–Crippen LogP) is 1.89. The minimum atomic E-state index is -0.144. The lowest BCUT2D eigenvalue weighted by Crippen LogP contribution is -2.65. The summed E-state index contributed by atoms with van der Waals surface area (Å²) in [6.07, 6.45) is 5.98. The highest BCUT2D eigenvalue weighted by atomic mass is 16.3. The van der Waals surface area contributed by atoms with Gasteiger partial charge in [0.15, 0.2) is 0 Å². The molecule has 0 radical (unpaired) electrons. The number of nitrogens with one attached hydrogen (secondary N) is 1. The van der Waals surface area contributed by atoms with Crippen molar-refractivity contribution in [1.29, 1.82) is 0 Å². The zero-order valence-electron chi connectivity index (χ0n) is 14.6. The number of hydrogen-bond acceptors (Lipinski definition) is 3. The molecule has 5 heteroatoms. The van der Waals surface area contributed by atoms with E-state index >= 15 is 0 Å². The van der Waals surface area contributed by atoms with E-state index in [1.165, 1.54) is 0 Å². The van der Waals surface area contributed by atoms with Crippen LogP contribution in [0.5, 0.6) is 0 Å². The maximum atomic E-state index is 12.9. The molecule has 132 valence electrons. The lowest BCUT2D eigenvalue weighted by Gasteiger charge is -2.57. The van der Waals surface area contributed by atoms with Gasteiger partial charge in [-0.3, -0.25) is 9.69 Å². The minimum Gasteiger partial charge on any atom is -0.392 e. The third-order valence-electron chi connectivity index (χ3n) is 6.62. The van der Waals surface area contributed by atoms with Crippen LogP contribution in [0.15, 0.2) is 30.5 Å². The van der Waals surface area contributed by atoms with Crippen molar-refractivity contribution in [3.8, 4) is 0 Å². The molecule has 1 aromatic heterocycles. The van der Waals surface area contributed by atoms with Gasteiger partial charge in [0.1, 0.15) is 0 Å². The van der Waals surface area contributed by atoms with Gasteiger partial charge in [0, 0.05) is 48.8 Å². The molecule has 6 atom stereocenters. The summed E-state index contributed by atoms with van der Waals surface area (Å²) in [5, 5.41) is 14.4. The van der Waals surface area contributed by atoms with E-state index in [9.17, 15) is 9.90 Å². The molecule has 2 aromatic rings. The van der Waals surface area contributed by atoms with Crippen LogP contribution in [0.2, 0.25) is 0 Å². The number of aromatic nitrogens is 1. The van der Waals surface area contributed by atoms with Crippen LogP contribution < -0.4 is 5.32 Å². The molecule has 0 spiro atoms. The second-order valence-electron chi connectivity index (χ2n) is 8.12. The number of fused-ring (bicyclic) bond motifs is 2. The van der Waals surface area contributed by atoms with Gasteiger partial charge in [0.25, 0.3) is 5.91 Å². The number of aliphatic hydroxyl groups excluding tert-OH is 1. The first-order valence-electron chi connectivity index (χ1n) is 9.39. The van der Waals surface area contributed by atoms with Gasteiger partial charge in [-0.2, -0.15) is 0 Å². The van der Waals surface area contributed by atoms with Crippen molar-refractivity contribution in [3.63, 3.8) is 0 Å². The van der Waals surface area contributed by atoms with Gasteiger partial charge in [-0.15, -0.1) is 0 Å². The molecule has 0 aliphatic carbocycles. The van der Waals surface area contributed by atoms with Gasteiger partial charge >= 0.3 is 0 Å². The van der Waals surface area contributed by atoms with Crippen molar-refractivity contribution in [2.75, 3.05) is 6.54 Å². The van der Waals surface area contributed by atoms with Gasteiger partial charge in [0.05, 0.1) is 11.7 Å². The van der Waals surface area contributed by atoms with Crippen LogP contribution in [0.1, 0.15) is 36.0 Å². The smallest absolute Gasteiger partial charge is 0.253 e. The van der Waals surface area contributed by atoms with Crippen molar-refractivity contribution >= 4 is 16.8 Å². The molecule has 4 aliphatic rings. The summed E-state index contributed by atoms with van der Waals surface area (Å²) in [4.78, 5) is 15.4. The minimum absolute atomic E-state index is 0.0435. The van der Waals surface area contributed by atoms with Gasteiger partial charge < -0.3 is 15.0 Å². The number of aryl methyl sites for hydroxylation is 1. The Hall–Kier alpha value is -1.85. The molecule has 25 heavy (non-hydrogen) atoms. The van der Waals surface area contributed by atoms with Crippen LogP contribution in [0, 0.1) is 5.92 Å². The molecule has 1 amide bonds. The predicted molar refractivity (Wildman–Crippen MR) is 96.4 cm³/mol. The first kappa shape index (κ1) is 15.4. The summed E-state index contributed by atoms with van der Waals surface area (Å²) in [6, 6.07) is 9.36. The van der Waals surface area contributed by atoms with E-state index in [1.54, 1.807) is 0 Å². The standard InChI is InChI=1S/C20H25N3O2/c1-22-10-17(16-4-2-3-5-18(16)22)20(25)21-13-8-14-6-12-7-15(9-13)23(14)11-19(12)24/h2-5,10,12-15,19,24H,6-9,11H2,1H3,(H,21,25)/t12?,13?,14-,15?,19+/m0/s1. The number of rotatable bonds is 2. The number of piperidine rings is 4. The zero-order chi connectivity index (χ0) is 17.1. The van der Waals surface area contributed by atoms with E-state index in [2.05, 4.69) is 10.2 Å². The highest BCUT2D eigenvalue weighted by molar-refractivity contribution is 6.07. The molecule has 2 N–H and O–H groups in total. The quantitative estimate of drug-likeness (QED) is 0.879. The van der Waals surface area contributed by atoms with Gasteiger partial charge in [-0.25, -0.2) is 0 Å². The number of amides is 1. The highest BCUT2D eigenvalue weighted by Gasteiger charge is 2.48. The van der Waals surface area contributed by atoms with Crippen molar-refractivity contribution in [2.45, 2.75) is 49.9 Å². The summed E-state index contributed by atoms with van der Waals surface area (Å²) in [5.41, 5.74) is 1.86. The third-order valence-corrected chi connectivity index (χ3v) is 6.62. The van der Waals surface area contributed by atoms with Gasteiger partial charge in [-0.1, -0.05) is 18.2 Å². The molecule has 5 nitrogen and oxygen atoms in total. The lowest BCUT2D eigenvalue weighted by molar-refractivity contribution is -0.110. The molecule has 4 fully saturated rings. The van der Waals surface area contributed by atoms with E-state index in [0.29, 0.717) is 18.0 Å². The van der Waals surface area contributed by atoms with E-state index in [0.717, 1.165) is 48.7 Å². The highest BCUT2D eigenvalue weighted by Crippen LogP contribution is 2.43. The van der Waals surface area contributed by atoms with Crippen LogP contribution in [0.3, 0.4) is 0 Å². The fourth-order valence-corrected chi connectivity index (χ4v) is 5.46. The molecule has 1 aromatic carbocycles. The molecule has 6 rings (SSSR count). The van der Waals surface area contributed by atoms with E-state index in [4.69, 9.17) is 0 Å². The Labute approximate surface area is 147 Å². The molecular weight excluding hydrogens is 314 g/mol. The van der Waals surface area contributed by atoms with Gasteiger partial charge in [-0.05, 0) is 37.7 Å². The maximum Gasteiger partial charge on any atom is 0.253 e. The molecule has 4 aliphatic heterocycles. The second-order valence-corrected chi connectivity index (χ2v) is 8.12. The Morgan fingerprint density at radius 1 is 1.16 bits per heavy atom. The maximum absolute atomic E-state index is 12.9. The number of hydrogen-bond donors (Lipinski definition) is 2. The van der Waals surface area contributed by atoms with E-state index in [-0.39, 0.29) is 18.1 Å². The van der Waals surface area contributed by atoms with E-state index < -0.39 is 0 Å². The first-order chi connectivity index (χ1) is 12.1. The second kappa shape index (κ2) is 5.58. The average Bonchev–Trinajstić information content (AvgIpc) is 2.92. The molecule has 4 bridgehead atoms. The fraction of sp³-hybridized carbons (Fsp3) is 0.550. The number of para-hydroxylation sites is 1. The number of carbonyl (C=O) groups excluding carboxylic acids is 1. The Balaban J connectivity index is 1.34. The molecule has 0 saturated carbocycles. The lowest BCUT2D eigenvalue weighted by atomic mass is 9.70. The van der Waals surface area contributed by atoms with Crippen LogP contribution >= 0.6 is 0 Å². The van der Waals surface area contributed by atoms with Crippen LogP contribution in [-0.4, -0.2) is 51.3 Å². The van der Waals surface area contributed by atoms with Crippen molar-refractivity contribution < 1.29 is 9.90 Å². The Morgan fingerprint density at radius 3 is 2.60 bits per heavy atom. The van der Waals surface area contributed by atoms with Crippen molar-refractivity contribution in [1.82, 2.24) is 14.8 Å². The molecule has 4 saturated heterocycles. The molecule has 5 heterocycles. The Morgan fingerprint density at radius 2 is 1.88 bits per heavy atom. The number of benzene rings is 1. The summed E-state index contributed by atoms with van der Waals surface area (Å²) in [6.45, 7) is 0.823. The fourth-order valence-electron chi connectivity index (χ4n) is 5.46. The monoisotopic (exact) mass is 339 g/mol. The number of nitrogens with zero attached hydrogens (tertiary/aromatic N) is 2. The van der Waals surface area contributed by atoms with Crippen molar-refractivity contribution in [2.24, 2.45) is 13.0 Å². The van der Waals surface area contributed by atoms with Gasteiger partial charge in [0.2, 0.25) is 0 Å². The molecular formula is C20H25N3O2. The Bertz CT molecular complexity index is 813. The SMILES string of the molecule is Cn1cc(C(=O)NC2CC3CC4C[C@@H](C2)N3C[C@H]4O)c2ccccc21. The van der Waals surface area contributed by atoms with E-state index in [1.807, 2.05) is 42.1 Å². The number of carbonyl (C=O) groups is 1. The largest absolute Gasteiger partial charge is 0.392 e. The Kier molecular flexibility index (Phi) is 3.44. The average molecular weight is 339 g/mol. The van der Waals surface area contributed by atoms with Crippen LogP contribution in [0.4, 0.5) is 0 Å². The first-order valence-corrected chi connectivity index (χ1v) is 9.39. The summed E-state index contributed by atoms with van der Waals surface area (Å²) < 4.78 is 2.02.